The lowest BCUT2D eigenvalue weighted by Gasteiger charge is -2.32. The van der Waals surface area contributed by atoms with Crippen molar-refractivity contribution in [3.8, 4) is 11.5 Å². The van der Waals surface area contributed by atoms with Crippen molar-refractivity contribution < 1.29 is 9.26 Å². The van der Waals surface area contributed by atoms with E-state index in [4.69, 9.17) is 9.26 Å². The molecule has 1 aliphatic heterocycles. The van der Waals surface area contributed by atoms with E-state index in [-0.39, 0.29) is 0 Å². The predicted octanol–water partition coefficient (Wildman–Crippen LogP) is 3.59. The third-order valence-corrected chi connectivity index (χ3v) is 5.01. The highest BCUT2D eigenvalue weighted by Crippen LogP contribution is 2.24. The summed E-state index contributed by atoms with van der Waals surface area (Å²) in [5.41, 5.74) is 2.01. The lowest BCUT2D eigenvalue weighted by Crippen LogP contribution is -2.35. The second-order valence-electron chi connectivity index (χ2n) is 6.97. The van der Waals surface area contributed by atoms with Crippen LogP contribution in [0.15, 0.2) is 53.2 Å². The molecule has 0 unspecified atom stereocenters. The lowest BCUT2D eigenvalue weighted by molar-refractivity contribution is 0.139. The Hall–Kier alpha value is -2.73. The number of anilines is 1. The van der Waals surface area contributed by atoms with Crippen molar-refractivity contribution in [1.82, 2.24) is 15.1 Å². The molecule has 4 rings (SSSR count). The van der Waals surface area contributed by atoms with Gasteiger partial charge in [-0.2, -0.15) is 4.98 Å². The first-order valence-corrected chi connectivity index (χ1v) is 9.38. The molecule has 0 aliphatic carbocycles. The van der Waals surface area contributed by atoms with E-state index >= 15 is 0 Å². The smallest absolute Gasteiger partial charge is 0.259 e. The van der Waals surface area contributed by atoms with Gasteiger partial charge in [0.2, 0.25) is 0 Å². The molecule has 1 aliphatic rings. The van der Waals surface area contributed by atoms with Crippen molar-refractivity contribution in [3.05, 3.63) is 60.0 Å². The van der Waals surface area contributed by atoms with Crippen LogP contribution in [0.25, 0.3) is 11.5 Å². The highest BCUT2D eigenvalue weighted by Gasteiger charge is 2.20. The van der Waals surface area contributed by atoms with Gasteiger partial charge in [0, 0.05) is 39.4 Å². The van der Waals surface area contributed by atoms with Crippen LogP contribution in [0.5, 0.6) is 0 Å². The molecular formula is C21H24N4O2. The van der Waals surface area contributed by atoms with Crippen LogP contribution in [0.2, 0.25) is 0 Å². The zero-order chi connectivity index (χ0) is 18.5. The molecule has 140 valence electrons. The van der Waals surface area contributed by atoms with Gasteiger partial charge in [-0.3, -0.25) is 0 Å². The Bertz CT molecular complexity index is 840. The summed E-state index contributed by atoms with van der Waals surface area (Å²) < 4.78 is 10.7. The van der Waals surface area contributed by atoms with Crippen molar-refractivity contribution in [3.63, 3.8) is 0 Å². The number of benzene rings is 1. The van der Waals surface area contributed by atoms with Gasteiger partial charge in [0.15, 0.2) is 5.82 Å². The number of aromatic nitrogens is 3. The predicted molar refractivity (Wildman–Crippen MR) is 104 cm³/mol. The summed E-state index contributed by atoms with van der Waals surface area (Å²) in [6.45, 7) is 2.88. The van der Waals surface area contributed by atoms with Crippen LogP contribution >= 0.6 is 0 Å². The monoisotopic (exact) mass is 364 g/mol. The summed E-state index contributed by atoms with van der Waals surface area (Å²) in [6, 6.07) is 14.2. The molecule has 0 spiro atoms. The van der Waals surface area contributed by atoms with E-state index in [1.807, 2.05) is 36.5 Å². The van der Waals surface area contributed by atoms with Crippen LogP contribution in [-0.2, 0) is 11.2 Å². The van der Waals surface area contributed by atoms with E-state index in [9.17, 15) is 0 Å². The van der Waals surface area contributed by atoms with Crippen LogP contribution in [0.4, 0.5) is 5.82 Å². The molecule has 6 nitrogen and oxygen atoms in total. The average molecular weight is 364 g/mol. The number of hydrogen-bond donors (Lipinski definition) is 0. The van der Waals surface area contributed by atoms with Crippen LogP contribution in [0.1, 0.15) is 24.2 Å². The van der Waals surface area contributed by atoms with E-state index in [0.29, 0.717) is 24.1 Å². The molecule has 1 fully saturated rings. The van der Waals surface area contributed by atoms with Crippen molar-refractivity contribution >= 4 is 5.82 Å². The summed E-state index contributed by atoms with van der Waals surface area (Å²) in [6.07, 6.45) is 4.76. The number of ether oxygens (including phenoxy) is 1. The summed E-state index contributed by atoms with van der Waals surface area (Å²) >= 11 is 0. The number of pyridine rings is 1. The van der Waals surface area contributed by atoms with E-state index in [1.165, 1.54) is 0 Å². The Balaban J connectivity index is 1.39. The number of hydrogen-bond acceptors (Lipinski definition) is 6. The molecule has 3 heterocycles. The second kappa shape index (κ2) is 8.31. The molecule has 1 saturated heterocycles. The van der Waals surface area contributed by atoms with Gasteiger partial charge in [0.1, 0.15) is 5.82 Å². The first-order valence-electron chi connectivity index (χ1n) is 9.38. The molecule has 0 atom stereocenters. The normalized spacial score (nSPS) is 15.2. The number of nitrogens with zero attached hydrogens (tertiary/aromatic N) is 4. The van der Waals surface area contributed by atoms with Crippen molar-refractivity contribution in [2.24, 2.45) is 5.92 Å². The van der Waals surface area contributed by atoms with E-state index < -0.39 is 0 Å². The molecule has 0 saturated carbocycles. The fourth-order valence-electron chi connectivity index (χ4n) is 3.49. The summed E-state index contributed by atoms with van der Waals surface area (Å²) in [5, 5.41) is 4.09. The van der Waals surface area contributed by atoms with Crippen LogP contribution in [-0.4, -0.2) is 41.9 Å². The molecule has 1 aromatic carbocycles. The fraction of sp³-hybridized carbons (Fsp3) is 0.381. The van der Waals surface area contributed by atoms with Crippen molar-refractivity contribution in [2.75, 3.05) is 31.7 Å². The SMILES string of the molecule is COCC1CCN(c2ccc(-c3nc(Cc4ccccc4)no3)cn2)CC1. The minimum atomic E-state index is 0.513. The Labute approximate surface area is 159 Å². The van der Waals surface area contributed by atoms with Crippen molar-refractivity contribution in [1.29, 1.82) is 0 Å². The van der Waals surface area contributed by atoms with Gasteiger partial charge in [0.25, 0.3) is 5.89 Å². The summed E-state index contributed by atoms with van der Waals surface area (Å²) in [5.74, 6) is 2.85. The van der Waals surface area contributed by atoms with Crippen molar-refractivity contribution in [2.45, 2.75) is 19.3 Å². The van der Waals surface area contributed by atoms with E-state index in [0.717, 1.165) is 49.5 Å². The van der Waals surface area contributed by atoms with E-state index in [2.05, 4.69) is 32.2 Å². The summed E-state index contributed by atoms with van der Waals surface area (Å²) in [4.78, 5) is 11.4. The molecule has 0 radical (unpaired) electrons. The minimum absolute atomic E-state index is 0.513. The van der Waals surface area contributed by atoms with Gasteiger partial charge >= 0.3 is 0 Å². The topological polar surface area (TPSA) is 64.3 Å². The van der Waals surface area contributed by atoms with E-state index in [1.54, 1.807) is 7.11 Å². The molecule has 2 aromatic heterocycles. The highest BCUT2D eigenvalue weighted by atomic mass is 16.5. The zero-order valence-corrected chi connectivity index (χ0v) is 15.5. The first-order chi connectivity index (χ1) is 13.3. The number of rotatable bonds is 6. The number of piperidine rings is 1. The van der Waals surface area contributed by atoms with Crippen LogP contribution < -0.4 is 4.90 Å². The summed E-state index contributed by atoms with van der Waals surface area (Å²) in [7, 11) is 1.77. The maximum Gasteiger partial charge on any atom is 0.259 e. The molecule has 0 amide bonds. The zero-order valence-electron chi connectivity index (χ0n) is 15.5. The van der Waals surface area contributed by atoms with Gasteiger partial charge in [-0.1, -0.05) is 35.5 Å². The third-order valence-electron chi connectivity index (χ3n) is 5.01. The fourth-order valence-corrected chi connectivity index (χ4v) is 3.49. The van der Waals surface area contributed by atoms with Crippen LogP contribution in [0.3, 0.4) is 0 Å². The van der Waals surface area contributed by atoms with Gasteiger partial charge in [-0.25, -0.2) is 4.98 Å². The molecule has 3 aromatic rings. The average Bonchev–Trinajstić information content (AvgIpc) is 3.18. The molecule has 0 bridgehead atoms. The van der Waals surface area contributed by atoms with Gasteiger partial charge in [0.05, 0.1) is 5.56 Å². The Morgan fingerprint density at radius 1 is 1.11 bits per heavy atom. The molecule has 27 heavy (non-hydrogen) atoms. The second-order valence-corrected chi connectivity index (χ2v) is 6.97. The first kappa shape index (κ1) is 17.7. The largest absolute Gasteiger partial charge is 0.384 e. The third kappa shape index (κ3) is 4.34. The Morgan fingerprint density at radius 2 is 1.93 bits per heavy atom. The standard InChI is InChI=1S/C21H24N4O2/c1-26-15-17-9-11-25(12-10-17)20-8-7-18(14-22-20)21-23-19(24-27-21)13-16-5-3-2-4-6-16/h2-8,14,17H,9-13,15H2,1H3. The molecule has 0 N–H and O–H groups in total. The quantitative estimate of drug-likeness (QED) is 0.666. The molecule has 6 heteroatoms. The maximum absolute atomic E-state index is 5.42. The Morgan fingerprint density at radius 3 is 2.63 bits per heavy atom. The van der Waals surface area contributed by atoms with Gasteiger partial charge in [-0.05, 0) is 36.5 Å². The van der Waals surface area contributed by atoms with Crippen LogP contribution in [0, 0.1) is 5.92 Å². The minimum Gasteiger partial charge on any atom is -0.384 e. The Kier molecular flexibility index (Phi) is 5.44. The molecular weight excluding hydrogens is 340 g/mol. The highest BCUT2D eigenvalue weighted by molar-refractivity contribution is 5.54. The lowest BCUT2D eigenvalue weighted by atomic mass is 9.98. The maximum atomic E-state index is 5.42. The van der Waals surface area contributed by atoms with Gasteiger partial charge < -0.3 is 14.2 Å². The number of methoxy groups -OCH3 is 1. The van der Waals surface area contributed by atoms with Gasteiger partial charge in [-0.15, -0.1) is 0 Å².